The van der Waals surface area contributed by atoms with Crippen molar-refractivity contribution in [3.05, 3.63) is 28.8 Å². The molecule has 1 atom stereocenters. The van der Waals surface area contributed by atoms with Crippen LogP contribution in [0.3, 0.4) is 0 Å². The molecule has 19 heavy (non-hydrogen) atoms. The molecule has 1 aromatic heterocycles. The maximum absolute atomic E-state index is 5.87. The molecule has 4 heteroatoms. The average Bonchev–Trinajstić information content (AvgIpc) is 2.67. The zero-order valence-electron chi connectivity index (χ0n) is 12.5. The maximum atomic E-state index is 5.87. The van der Waals surface area contributed by atoms with Crippen molar-refractivity contribution in [2.24, 2.45) is 7.05 Å². The molecule has 0 aromatic carbocycles. The molecule has 0 fully saturated rings. The van der Waals surface area contributed by atoms with E-state index < -0.39 is 0 Å². The highest BCUT2D eigenvalue weighted by atomic mass is 16.5. The smallest absolute Gasteiger partial charge is 0.114 e. The lowest BCUT2D eigenvalue weighted by molar-refractivity contribution is 0.167. The fourth-order valence-electron chi connectivity index (χ4n) is 2.62. The molecule has 0 aliphatic carbocycles. The number of aromatic nitrogens is 2. The summed E-state index contributed by atoms with van der Waals surface area (Å²) in [4.78, 5) is 0. The molecule has 0 spiro atoms. The first-order valence-electron chi connectivity index (χ1n) is 7.21. The van der Waals surface area contributed by atoms with Crippen molar-refractivity contribution < 1.29 is 4.74 Å². The van der Waals surface area contributed by atoms with Crippen LogP contribution in [0.2, 0.25) is 0 Å². The van der Waals surface area contributed by atoms with Crippen LogP contribution >= 0.6 is 0 Å². The first-order valence-corrected chi connectivity index (χ1v) is 7.21. The maximum Gasteiger partial charge on any atom is 0.114 e. The Morgan fingerprint density at radius 3 is 2.79 bits per heavy atom. The second kappa shape index (κ2) is 6.24. The monoisotopic (exact) mass is 263 g/mol. The lowest BCUT2D eigenvalue weighted by Gasteiger charge is -2.25. The van der Waals surface area contributed by atoms with Crippen molar-refractivity contribution in [3.8, 4) is 0 Å². The summed E-state index contributed by atoms with van der Waals surface area (Å²) in [5.41, 5.74) is 3.56. The molecule has 106 valence electrons. The molecular formula is C15H25N3O. The van der Waals surface area contributed by atoms with Crippen LogP contribution in [0.5, 0.6) is 0 Å². The van der Waals surface area contributed by atoms with Gasteiger partial charge in [-0.15, -0.1) is 0 Å². The fourth-order valence-corrected chi connectivity index (χ4v) is 2.62. The van der Waals surface area contributed by atoms with E-state index in [1.165, 1.54) is 11.3 Å². The highest BCUT2D eigenvalue weighted by molar-refractivity contribution is 5.33. The third-order valence-corrected chi connectivity index (χ3v) is 3.70. The van der Waals surface area contributed by atoms with Gasteiger partial charge in [0.05, 0.1) is 18.3 Å². The Morgan fingerprint density at radius 1 is 1.47 bits per heavy atom. The number of aryl methyl sites for hydroxylation is 2. The minimum Gasteiger partial charge on any atom is -0.496 e. The summed E-state index contributed by atoms with van der Waals surface area (Å²) in [5.74, 6) is 1.07. The van der Waals surface area contributed by atoms with E-state index in [9.17, 15) is 0 Å². The highest BCUT2D eigenvalue weighted by Gasteiger charge is 2.25. The number of rotatable bonds is 5. The number of hydrogen-bond acceptors (Lipinski definition) is 3. The average molecular weight is 263 g/mol. The third kappa shape index (κ3) is 3.00. The Morgan fingerprint density at radius 2 is 2.26 bits per heavy atom. The van der Waals surface area contributed by atoms with Crippen LogP contribution in [-0.2, 0) is 11.8 Å². The SMILES string of the molecule is CCCNC(C1=CCCCO1)c1c(C)nn(C)c1C. The van der Waals surface area contributed by atoms with Gasteiger partial charge in [0.15, 0.2) is 0 Å². The molecule has 4 nitrogen and oxygen atoms in total. The summed E-state index contributed by atoms with van der Waals surface area (Å²) in [7, 11) is 2.00. The zero-order valence-corrected chi connectivity index (χ0v) is 12.5. The van der Waals surface area contributed by atoms with Gasteiger partial charge in [-0.1, -0.05) is 6.92 Å². The Kier molecular flexibility index (Phi) is 4.64. The van der Waals surface area contributed by atoms with Gasteiger partial charge in [-0.25, -0.2) is 0 Å². The molecule has 0 radical (unpaired) electrons. The fraction of sp³-hybridized carbons (Fsp3) is 0.667. The van der Waals surface area contributed by atoms with E-state index >= 15 is 0 Å². The van der Waals surface area contributed by atoms with Gasteiger partial charge in [-0.3, -0.25) is 4.68 Å². The highest BCUT2D eigenvalue weighted by Crippen LogP contribution is 2.30. The molecule has 2 heterocycles. The lowest BCUT2D eigenvalue weighted by Crippen LogP contribution is -2.27. The number of hydrogen-bond donors (Lipinski definition) is 1. The molecule has 1 N–H and O–H groups in total. The number of ether oxygens (including phenoxy) is 1. The number of allylic oxidation sites excluding steroid dienone is 1. The molecule has 0 amide bonds. The van der Waals surface area contributed by atoms with Crippen LogP contribution < -0.4 is 5.32 Å². The molecule has 0 saturated carbocycles. The normalized spacial score (nSPS) is 16.9. The van der Waals surface area contributed by atoms with E-state index in [-0.39, 0.29) is 6.04 Å². The molecule has 1 aromatic rings. The Bertz CT molecular complexity index is 462. The predicted octanol–water partition coefficient (Wildman–Crippen LogP) is 2.77. The molecule has 0 saturated heterocycles. The van der Waals surface area contributed by atoms with Gasteiger partial charge in [-0.2, -0.15) is 5.10 Å². The topological polar surface area (TPSA) is 39.1 Å². The van der Waals surface area contributed by atoms with Gasteiger partial charge in [0.2, 0.25) is 0 Å². The standard InChI is InChI=1S/C15H25N3O/c1-5-9-16-15(13-8-6-7-10-19-13)14-11(2)17-18(4)12(14)3/h8,15-16H,5-7,9-10H2,1-4H3. The summed E-state index contributed by atoms with van der Waals surface area (Å²) in [6.45, 7) is 8.20. The van der Waals surface area contributed by atoms with Crippen molar-refractivity contribution in [1.29, 1.82) is 0 Å². The minimum absolute atomic E-state index is 0.147. The van der Waals surface area contributed by atoms with Crippen molar-refractivity contribution in [2.45, 2.75) is 46.1 Å². The predicted molar refractivity (Wildman–Crippen MR) is 77.0 cm³/mol. The van der Waals surface area contributed by atoms with Gasteiger partial charge in [-0.05, 0) is 45.7 Å². The number of nitrogens with one attached hydrogen (secondary N) is 1. The van der Waals surface area contributed by atoms with Crippen LogP contribution in [0.25, 0.3) is 0 Å². The first-order chi connectivity index (χ1) is 9.15. The largest absolute Gasteiger partial charge is 0.496 e. The zero-order chi connectivity index (χ0) is 13.8. The molecular weight excluding hydrogens is 238 g/mol. The van der Waals surface area contributed by atoms with Gasteiger partial charge in [0.1, 0.15) is 5.76 Å². The van der Waals surface area contributed by atoms with Crippen LogP contribution in [0, 0.1) is 13.8 Å². The Balaban J connectivity index is 2.33. The molecule has 1 unspecified atom stereocenters. The quantitative estimate of drug-likeness (QED) is 0.888. The van der Waals surface area contributed by atoms with Crippen molar-refractivity contribution in [2.75, 3.05) is 13.2 Å². The third-order valence-electron chi connectivity index (χ3n) is 3.70. The second-order valence-electron chi connectivity index (χ2n) is 5.19. The van der Waals surface area contributed by atoms with E-state index in [0.717, 1.165) is 43.9 Å². The van der Waals surface area contributed by atoms with Crippen LogP contribution in [0.1, 0.15) is 49.2 Å². The van der Waals surface area contributed by atoms with Crippen LogP contribution in [-0.4, -0.2) is 22.9 Å². The summed E-state index contributed by atoms with van der Waals surface area (Å²) < 4.78 is 7.83. The first kappa shape index (κ1) is 14.1. The van der Waals surface area contributed by atoms with Gasteiger partial charge in [0, 0.05) is 18.3 Å². The summed E-state index contributed by atoms with van der Waals surface area (Å²) in [6, 6.07) is 0.147. The van der Waals surface area contributed by atoms with E-state index in [4.69, 9.17) is 4.74 Å². The summed E-state index contributed by atoms with van der Waals surface area (Å²) in [6.07, 6.45) is 5.57. The van der Waals surface area contributed by atoms with Crippen molar-refractivity contribution in [1.82, 2.24) is 15.1 Å². The number of nitrogens with zero attached hydrogens (tertiary/aromatic N) is 2. The van der Waals surface area contributed by atoms with Crippen molar-refractivity contribution >= 4 is 0 Å². The molecule has 0 bridgehead atoms. The van der Waals surface area contributed by atoms with Gasteiger partial charge >= 0.3 is 0 Å². The van der Waals surface area contributed by atoms with Crippen molar-refractivity contribution in [3.63, 3.8) is 0 Å². The second-order valence-corrected chi connectivity index (χ2v) is 5.19. The molecule has 1 aliphatic rings. The lowest BCUT2D eigenvalue weighted by atomic mass is 10.0. The van der Waals surface area contributed by atoms with E-state index in [2.05, 4.69) is 37.3 Å². The van der Waals surface area contributed by atoms with Gasteiger partial charge in [0.25, 0.3) is 0 Å². The van der Waals surface area contributed by atoms with Gasteiger partial charge < -0.3 is 10.1 Å². The Hall–Kier alpha value is -1.29. The molecule has 2 rings (SSSR count). The van der Waals surface area contributed by atoms with E-state index in [1.807, 2.05) is 11.7 Å². The van der Waals surface area contributed by atoms with E-state index in [1.54, 1.807) is 0 Å². The van der Waals surface area contributed by atoms with Crippen LogP contribution in [0.4, 0.5) is 0 Å². The molecule has 1 aliphatic heterocycles. The summed E-state index contributed by atoms with van der Waals surface area (Å²) >= 11 is 0. The van der Waals surface area contributed by atoms with Crippen LogP contribution in [0.15, 0.2) is 11.8 Å². The minimum atomic E-state index is 0.147. The Labute approximate surface area is 115 Å². The summed E-state index contributed by atoms with van der Waals surface area (Å²) in [5, 5.41) is 8.13. The van der Waals surface area contributed by atoms with E-state index in [0.29, 0.717) is 0 Å².